The molecule has 0 N–H and O–H groups in total. The SMILES string of the molecule is CCC(C)c1cc2cc(OC)ccc2n1Cc1cccc(C(=O)OC)c1. The molecule has 0 aliphatic rings. The van der Waals surface area contributed by atoms with E-state index in [1.165, 1.54) is 23.7 Å². The monoisotopic (exact) mass is 351 g/mol. The van der Waals surface area contributed by atoms with E-state index < -0.39 is 0 Å². The summed E-state index contributed by atoms with van der Waals surface area (Å²) in [6.07, 6.45) is 1.07. The molecule has 0 spiro atoms. The van der Waals surface area contributed by atoms with Crippen LogP contribution in [0, 0.1) is 0 Å². The summed E-state index contributed by atoms with van der Waals surface area (Å²) >= 11 is 0. The Morgan fingerprint density at radius 2 is 1.92 bits per heavy atom. The quantitative estimate of drug-likeness (QED) is 0.587. The molecule has 26 heavy (non-hydrogen) atoms. The number of aromatic nitrogens is 1. The van der Waals surface area contributed by atoms with Crippen LogP contribution in [0.1, 0.15) is 47.8 Å². The maximum absolute atomic E-state index is 11.8. The number of nitrogens with zero attached hydrogens (tertiary/aromatic N) is 1. The van der Waals surface area contributed by atoms with Crippen molar-refractivity contribution in [3.05, 3.63) is 65.4 Å². The summed E-state index contributed by atoms with van der Waals surface area (Å²) in [6, 6.07) is 16.0. The van der Waals surface area contributed by atoms with Crippen LogP contribution in [0.5, 0.6) is 5.75 Å². The van der Waals surface area contributed by atoms with E-state index in [2.05, 4.69) is 36.6 Å². The Hall–Kier alpha value is -2.75. The normalized spacial score (nSPS) is 12.2. The molecule has 3 aromatic rings. The lowest BCUT2D eigenvalue weighted by atomic mass is 10.0. The van der Waals surface area contributed by atoms with Crippen molar-refractivity contribution >= 4 is 16.9 Å². The maximum atomic E-state index is 11.8. The van der Waals surface area contributed by atoms with Crippen molar-refractivity contribution in [1.82, 2.24) is 4.57 Å². The van der Waals surface area contributed by atoms with Gasteiger partial charge >= 0.3 is 5.97 Å². The maximum Gasteiger partial charge on any atom is 0.337 e. The largest absolute Gasteiger partial charge is 0.497 e. The molecule has 136 valence electrons. The summed E-state index contributed by atoms with van der Waals surface area (Å²) in [6.45, 7) is 5.15. The first-order chi connectivity index (χ1) is 12.6. The number of rotatable bonds is 6. The summed E-state index contributed by atoms with van der Waals surface area (Å²) in [5, 5.41) is 1.17. The zero-order valence-electron chi connectivity index (χ0n) is 15.8. The van der Waals surface area contributed by atoms with Gasteiger partial charge in [0.1, 0.15) is 5.75 Å². The van der Waals surface area contributed by atoms with Gasteiger partial charge in [0, 0.05) is 23.1 Å². The Balaban J connectivity index is 2.07. The highest BCUT2D eigenvalue weighted by molar-refractivity contribution is 5.89. The topological polar surface area (TPSA) is 40.5 Å². The molecule has 1 unspecified atom stereocenters. The fourth-order valence-corrected chi connectivity index (χ4v) is 3.29. The second-order valence-electron chi connectivity index (χ2n) is 6.58. The van der Waals surface area contributed by atoms with Gasteiger partial charge < -0.3 is 14.0 Å². The van der Waals surface area contributed by atoms with Crippen LogP contribution in [0.15, 0.2) is 48.5 Å². The van der Waals surface area contributed by atoms with E-state index in [9.17, 15) is 4.79 Å². The molecule has 0 radical (unpaired) electrons. The molecule has 4 nitrogen and oxygen atoms in total. The van der Waals surface area contributed by atoms with Crippen LogP contribution in [0.2, 0.25) is 0 Å². The standard InChI is InChI=1S/C22H25NO3/c1-5-15(2)21-13-18-12-19(25-3)9-10-20(18)23(21)14-16-7-6-8-17(11-16)22(24)26-4/h6-13,15H,5,14H2,1-4H3. The summed E-state index contributed by atoms with van der Waals surface area (Å²) < 4.78 is 12.5. The van der Waals surface area contributed by atoms with Crippen LogP contribution in [0.3, 0.4) is 0 Å². The van der Waals surface area contributed by atoms with E-state index in [1.54, 1.807) is 13.2 Å². The highest BCUT2D eigenvalue weighted by Crippen LogP contribution is 2.30. The van der Waals surface area contributed by atoms with Crippen LogP contribution in [0.25, 0.3) is 10.9 Å². The van der Waals surface area contributed by atoms with E-state index in [0.29, 0.717) is 18.0 Å². The van der Waals surface area contributed by atoms with Gasteiger partial charge in [0.05, 0.1) is 19.8 Å². The average molecular weight is 351 g/mol. The van der Waals surface area contributed by atoms with Gasteiger partial charge in [-0.15, -0.1) is 0 Å². The lowest BCUT2D eigenvalue weighted by molar-refractivity contribution is 0.0600. The summed E-state index contributed by atoms with van der Waals surface area (Å²) in [5.74, 6) is 0.992. The van der Waals surface area contributed by atoms with Crippen LogP contribution >= 0.6 is 0 Å². The highest BCUT2D eigenvalue weighted by atomic mass is 16.5. The van der Waals surface area contributed by atoms with E-state index in [1.807, 2.05) is 24.3 Å². The molecule has 0 amide bonds. The third-order valence-electron chi connectivity index (χ3n) is 4.95. The van der Waals surface area contributed by atoms with Gasteiger partial charge in [-0.25, -0.2) is 4.79 Å². The number of hydrogen-bond acceptors (Lipinski definition) is 3. The predicted molar refractivity (Wildman–Crippen MR) is 104 cm³/mol. The number of benzene rings is 2. The number of esters is 1. The third-order valence-corrected chi connectivity index (χ3v) is 4.95. The molecule has 0 bridgehead atoms. The fourth-order valence-electron chi connectivity index (χ4n) is 3.29. The number of ether oxygens (including phenoxy) is 2. The third kappa shape index (κ3) is 3.45. The number of hydrogen-bond donors (Lipinski definition) is 0. The van der Waals surface area contributed by atoms with Gasteiger partial charge in [-0.2, -0.15) is 0 Å². The minimum Gasteiger partial charge on any atom is -0.497 e. The summed E-state index contributed by atoms with van der Waals surface area (Å²) in [7, 11) is 3.09. The second-order valence-corrected chi connectivity index (χ2v) is 6.58. The molecule has 1 heterocycles. The summed E-state index contributed by atoms with van der Waals surface area (Å²) in [4.78, 5) is 11.8. The van der Waals surface area contributed by atoms with Crippen molar-refractivity contribution in [2.45, 2.75) is 32.7 Å². The summed E-state index contributed by atoms with van der Waals surface area (Å²) in [5.41, 5.74) is 4.11. The number of carbonyl (C=O) groups excluding carboxylic acids is 1. The average Bonchev–Trinajstić information content (AvgIpc) is 3.04. The van der Waals surface area contributed by atoms with E-state index >= 15 is 0 Å². The van der Waals surface area contributed by atoms with Crippen LogP contribution in [-0.2, 0) is 11.3 Å². The van der Waals surface area contributed by atoms with E-state index in [-0.39, 0.29) is 5.97 Å². The predicted octanol–water partition coefficient (Wildman–Crippen LogP) is 5.00. The lowest BCUT2D eigenvalue weighted by Crippen LogP contribution is -2.08. The molecule has 4 heteroatoms. The Kier molecular flexibility index (Phi) is 5.31. The van der Waals surface area contributed by atoms with Crippen molar-refractivity contribution in [1.29, 1.82) is 0 Å². The smallest absolute Gasteiger partial charge is 0.337 e. The molecule has 0 saturated heterocycles. The van der Waals surface area contributed by atoms with Gasteiger partial charge in [0.15, 0.2) is 0 Å². The molecular weight excluding hydrogens is 326 g/mol. The van der Waals surface area contributed by atoms with Crippen LogP contribution in [0.4, 0.5) is 0 Å². The van der Waals surface area contributed by atoms with Crippen molar-refractivity contribution in [2.75, 3.05) is 14.2 Å². The van der Waals surface area contributed by atoms with Crippen molar-refractivity contribution in [3.8, 4) is 5.75 Å². The lowest BCUT2D eigenvalue weighted by Gasteiger charge is -2.16. The molecule has 1 atom stereocenters. The van der Waals surface area contributed by atoms with Gasteiger partial charge in [-0.3, -0.25) is 0 Å². The first-order valence-corrected chi connectivity index (χ1v) is 8.91. The Bertz CT molecular complexity index is 926. The Labute approximate surface area is 154 Å². The first kappa shape index (κ1) is 18.1. The highest BCUT2D eigenvalue weighted by Gasteiger charge is 2.15. The Morgan fingerprint density at radius 3 is 2.62 bits per heavy atom. The van der Waals surface area contributed by atoms with Gasteiger partial charge in [0.2, 0.25) is 0 Å². The molecule has 1 aromatic heterocycles. The van der Waals surface area contributed by atoms with Crippen molar-refractivity contribution < 1.29 is 14.3 Å². The molecule has 2 aromatic carbocycles. The molecule has 0 fully saturated rings. The molecule has 0 aliphatic carbocycles. The number of fused-ring (bicyclic) bond motifs is 1. The van der Waals surface area contributed by atoms with Crippen molar-refractivity contribution in [3.63, 3.8) is 0 Å². The first-order valence-electron chi connectivity index (χ1n) is 8.91. The van der Waals surface area contributed by atoms with Gasteiger partial charge in [0.25, 0.3) is 0 Å². The minimum atomic E-state index is -0.309. The molecule has 0 saturated carbocycles. The fraction of sp³-hybridized carbons (Fsp3) is 0.318. The minimum absolute atomic E-state index is 0.309. The van der Waals surface area contributed by atoms with Crippen molar-refractivity contribution in [2.24, 2.45) is 0 Å². The number of carbonyl (C=O) groups is 1. The van der Waals surface area contributed by atoms with E-state index in [0.717, 1.165) is 17.7 Å². The second kappa shape index (κ2) is 7.65. The van der Waals surface area contributed by atoms with Gasteiger partial charge in [-0.1, -0.05) is 26.0 Å². The van der Waals surface area contributed by atoms with Crippen LogP contribution in [-0.4, -0.2) is 24.8 Å². The molecule has 0 aliphatic heterocycles. The van der Waals surface area contributed by atoms with E-state index in [4.69, 9.17) is 9.47 Å². The number of methoxy groups -OCH3 is 2. The zero-order chi connectivity index (χ0) is 18.7. The van der Waals surface area contributed by atoms with Crippen LogP contribution < -0.4 is 4.74 Å². The molecular formula is C22H25NO3. The Morgan fingerprint density at radius 1 is 1.12 bits per heavy atom. The molecule has 3 rings (SSSR count). The van der Waals surface area contributed by atoms with Gasteiger partial charge in [-0.05, 0) is 54.3 Å². The zero-order valence-corrected chi connectivity index (χ0v) is 15.8.